The number of ether oxygens (including phenoxy) is 1. The Balaban J connectivity index is 2.97. The highest BCUT2D eigenvalue weighted by Gasteiger charge is 2.21. The Labute approximate surface area is 106 Å². The number of carbonyl (C=O) groups is 1. The average molecular weight is 247 g/mol. The van der Waals surface area contributed by atoms with Crippen molar-refractivity contribution in [1.29, 1.82) is 0 Å². The van der Waals surface area contributed by atoms with E-state index in [4.69, 9.17) is 4.74 Å². The van der Waals surface area contributed by atoms with Gasteiger partial charge in [-0.05, 0) is 36.6 Å². The molecule has 0 aliphatic carbocycles. The Kier molecular flexibility index (Phi) is 3.03. The Morgan fingerprint density at radius 3 is 2.61 bits per heavy atom. The molecule has 0 amide bonds. The minimum Gasteiger partial charge on any atom is -0.495 e. The molecule has 0 bridgehead atoms. The van der Waals surface area contributed by atoms with Crippen LogP contribution in [-0.2, 0) is 13.5 Å². The summed E-state index contributed by atoms with van der Waals surface area (Å²) in [6, 6.07) is 3.94. The van der Waals surface area contributed by atoms with Gasteiger partial charge in [0.15, 0.2) is 0 Å². The second kappa shape index (κ2) is 4.37. The zero-order chi connectivity index (χ0) is 13.4. The molecule has 96 valence electrons. The zero-order valence-electron chi connectivity index (χ0n) is 11.1. The highest BCUT2D eigenvalue weighted by molar-refractivity contribution is 6.00. The van der Waals surface area contributed by atoms with E-state index in [1.807, 2.05) is 26.0 Å². The van der Waals surface area contributed by atoms with Gasteiger partial charge >= 0.3 is 5.97 Å². The van der Waals surface area contributed by atoms with Crippen LogP contribution in [0.5, 0.6) is 5.75 Å². The van der Waals surface area contributed by atoms with Gasteiger partial charge in [-0.25, -0.2) is 4.79 Å². The minimum atomic E-state index is -0.898. The first-order valence-electron chi connectivity index (χ1n) is 5.90. The highest BCUT2D eigenvalue weighted by atomic mass is 16.5. The van der Waals surface area contributed by atoms with Crippen molar-refractivity contribution in [3.8, 4) is 5.75 Å². The van der Waals surface area contributed by atoms with Gasteiger partial charge in [-0.3, -0.25) is 0 Å². The molecule has 1 aromatic carbocycles. The summed E-state index contributed by atoms with van der Waals surface area (Å²) >= 11 is 0. The first-order valence-corrected chi connectivity index (χ1v) is 5.90. The molecule has 0 spiro atoms. The molecule has 4 nitrogen and oxygen atoms in total. The van der Waals surface area contributed by atoms with Gasteiger partial charge in [0.1, 0.15) is 11.4 Å². The van der Waals surface area contributed by atoms with Gasteiger partial charge in [0.05, 0.1) is 12.6 Å². The first kappa shape index (κ1) is 12.5. The maximum absolute atomic E-state index is 11.4. The summed E-state index contributed by atoms with van der Waals surface area (Å²) in [7, 11) is 3.37. The van der Waals surface area contributed by atoms with Crippen LogP contribution in [0.15, 0.2) is 12.1 Å². The molecular formula is C14H17NO3. The fourth-order valence-electron chi connectivity index (χ4n) is 2.55. The number of benzene rings is 1. The molecule has 0 fully saturated rings. The van der Waals surface area contributed by atoms with E-state index in [0.717, 1.165) is 27.8 Å². The molecule has 18 heavy (non-hydrogen) atoms. The van der Waals surface area contributed by atoms with Gasteiger partial charge in [-0.2, -0.15) is 0 Å². The van der Waals surface area contributed by atoms with Crippen molar-refractivity contribution >= 4 is 16.9 Å². The average Bonchev–Trinajstić information content (AvgIpc) is 2.60. The molecule has 0 aliphatic rings. The van der Waals surface area contributed by atoms with Crippen molar-refractivity contribution in [2.24, 2.45) is 7.05 Å². The van der Waals surface area contributed by atoms with Crippen LogP contribution in [0.25, 0.3) is 10.9 Å². The standard InChI is InChI=1S/C14H17NO3/c1-5-9-10-6-8(2)7-11(18-4)12(10)15(3)13(9)14(16)17/h6-7H,5H2,1-4H3,(H,16,17). The SMILES string of the molecule is CCc1c(C(=O)O)n(C)c2c(OC)cc(C)cc12. The van der Waals surface area contributed by atoms with Gasteiger partial charge < -0.3 is 14.4 Å². The van der Waals surface area contributed by atoms with Gasteiger partial charge in [0.2, 0.25) is 0 Å². The summed E-state index contributed by atoms with van der Waals surface area (Å²) in [6.45, 7) is 3.95. The summed E-state index contributed by atoms with van der Waals surface area (Å²) in [5.74, 6) is -0.181. The number of aromatic nitrogens is 1. The predicted octanol–water partition coefficient (Wildman–Crippen LogP) is 2.76. The van der Waals surface area contributed by atoms with Gasteiger partial charge in [-0.15, -0.1) is 0 Å². The third-order valence-electron chi connectivity index (χ3n) is 3.28. The zero-order valence-corrected chi connectivity index (χ0v) is 11.1. The van der Waals surface area contributed by atoms with Gasteiger partial charge in [-0.1, -0.05) is 6.92 Å². The summed E-state index contributed by atoms with van der Waals surface area (Å²) in [5, 5.41) is 10.3. The molecule has 1 heterocycles. The monoisotopic (exact) mass is 247 g/mol. The minimum absolute atomic E-state index is 0.344. The van der Waals surface area contributed by atoms with Crippen LogP contribution in [0, 0.1) is 6.92 Å². The summed E-state index contributed by atoms with van der Waals surface area (Å²) in [5.41, 5.74) is 3.12. The smallest absolute Gasteiger partial charge is 0.352 e. The van der Waals surface area contributed by atoms with E-state index in [1.165, 1.54) is 0 Å². The quantitative estimate of drug-likeness (QED) is 0.907. The van der Waals surface area contributed by atoms with E-state index in [-0.39, 0.29) is 0 Å². The fraction of sp³-hybridized carbons (Fsp3) is 0.357. The summed E-state index contributed by atoms with van der Waals surface area (Å²) in [4.78, 5) is 11.4. The first-order chi connectivity index (χ1) is 8.51. The molecule has 0 unspecified atom stereocenters. The molecule has 0 saturated heterocycles. The lowest BCUT2D eigenvalue weighted by atomic mass is 10.1. The van der Waals surface area contributed by atoms with Crippen molar-refractivity contribution in [2.45, 2.75) is 20.3 Å². The fourth-order valence-corrected chi connectivity index (χ4v) is 2.55. The number of carboxylic acids is 1. The molecule has 0 aliphatic heterocycles. The second-order valence-corrected chi connectivity index (χ2v) is 4.41. The second-order valence-electron chi connectivity index (χ2n) is 4.41. The van der Waals surface area contributed by atoms with Crippen molar-refractivity contribution in [2.75, 3.05) is 7.11 Å². The topological polar surface area (TPSA) is 51.5 Å². The lowest BCUT2D eigenvalue weighted by molar-refractivity contribution is 0.0686. The normalized spacial score (nSPS) is 10.9. The van der Waals surface area contributed by atoms with Gasteiger partial charge in [0.25, 0.3) is 0 Å². The van der Waals surface area contributed by atoms with E-state index in [2.05, 4.69) is 0 Å². The lowest BCUT2D eigenvalue weighted by Gasteiger charge is -2.06. The van der Waals surface area contributed by atoms with Crippen LogP contribution in [0.4, 0.5) is 0 Å². The maximum atomic E-state index is 11.4. The van der Waals surface area contributed by atoms with E-state index in [0.29, 0.717) is 12.1 Å². The van der Waals surface area contributed by atoms with E-state index in [9.17, 15) is 9.90 Å². The molecule has 1 N–H and O–H groups in total. The molecule has 1 aromatic heterocycles. The highest BCUT2D eigenvalue weighted by Crippen LogP contribution is 2.33. The number of nitrogens with zero attached hydrogens (tertiary/aromatic N) is 1. The maximum Gasteiger partial charge on any atom is 0.352 e. The Bertz CT molecular complexity index is 626. The molecule has 2 aromatic rings. The van der Waals surface area contributed by atoms with E-state index < -0.39 is 5.97 Å². The van der Waals surface area contributed by atoms with E-state index >= 15 is 0 Å². The molecular weight excluding hydrogens is 230 g/mol. The molecule has 0 atom stereocenters. The summed E-state index contributed by atoms with van der Waals surface area (Å²) < 4.78 is 7.07. The number of fused-ring (bicyclic) bond motifs is 1. The van der Waals surface area contributed by atoms with Crippen LogP contribution >= 0.6 is 0 Å². The van der Waals surface area contributed by atoms with Crippen molar-refractivity contribution in [3.63, 3.8) is 0 Å². The number of hydrogen-bond acceptors (Lipinski definition) is 2. The molecule has 0 saturated carbocycles. The number of rotatable bonds is 3. The van der Waals surface area contributed by atoms with Gasteiger partial charge in [0, 0.05) is 12.4 Å². The third kappa shape index (κ3) is 1.65. The Hall–Kier alpha value is -1.97. The van der Waals surface area contributed by atoms with Crippen LogP contribution in [0.1, 0.15) is 28.5 Å². The predicted molar refractivity (Wildman–Crippen MR) is 70.5 cm³/mol. The number of hydrogen-bond donors (Lipinski definition) is 1. The van der Waals surface area contributed by atoms with Crippen LogP contribution in [0.3, 0.4) is 0 Å². The number of methoxy groups -OCH3 is 1. The van der Waals surface area contributed by atoms with Crippen LogP contribution in [0.2, 0.25) is 0 Å². The van der Waals surface area contributed by atoms with Crippen molar-refractivity contribution in [3.05, 3.63) is 29.0 Å². The van der Waals surface area contributed by atoms with Crippen LogP contribution < -0.4 is 4.74 Å². The number of aryl methyl sites for hydroxylation is 3. The summed E-state index contributed by atoms with van der Waals surface area (Å²) in [6.07, 6.45) is 0.686. The van der Waals surface area contributed by atoms with Crippen molar-refractivity contribution in [1.82, 2.24) is 4.57 Å². The Morgan fingerprint density at radius 2 is 2.11 bits per heavy atom. The Morgan fingerprint density at radius 1 is 1.44 bits per heavy atom. The van der Waals surface area contributed by atoms with Crippen molar-refractivity contribution < 1.29 is 14.6 Å². The largest absolute Gasteiger partial charge is 0.495 e. The van der Waals surface area contributed by atoms with Crippen LogP contribution in [-0.4, -0.2) is 22.8 Å². The molecule has 2 rings (SSSR count). The lowest BCUT2D eigenvalue weighted by Crippen LogP contribution is -2.07. The molecule has 0 radical (unpaired) electrons. The molecule has 4 heteroatoms. The number of aromatic carboxylic acids is 1. The third-order valence-corrected chi connectivity index (χ3v) is 3.28. The number of carboxylic acid groups (broad SMARTS) is 1. The van der Waals surface area contributed by atoms with E-state index in [1.54, 1.807) is 18.7 Å².